The average Bonchev–Trinajstić information content (AvgIpc) is 3.17. The van der Waals surface area contributed by atoms with Crippen LogP contribution in [0.15, 0.2) is 91.0 Å². The van der Waals surface area contributed by atoms with Gasteiger partial charge in [0.05, 0.1) is 34.2 Å². The van der Waals surface area contributed by atoms with E-state index in [-0.39, 0.29) is 12.1 Å². The Balaban J connectivity index is 0.000000204. The van der Waals surface area contributed by atoms with Gasteiger partial charge in [-0.2, -0.15) is 0 Å². The molecule has 274 valence electrons. The molecule has 0 aliphatic rings. The van der Waals surface area contributed by atoms with Gasteiger partial charge in [0, 0.05) is 41.7 Å². The lowest BCUT2D eigenvalue weighted by Crippen LogP contribution is -2.24. The zero-order valence-electron chi connectivity index (χ0n) is 30.3. The Morgan fingerprint density at radius 1 is 0.604 bits per heavy atom. The minimum atomic E-state index is -0.503. The van der Waals surface area contributed by atoms with Gasteiger partial charge in [-0.3, -0.25) is 9.59 Å². The number of hydrogen-bond acceptors (Lipinski definition) is 10. The van der Waals surface area contributed by atoms with Gasteiger partial charge >= 0.3 is 0 Å². The number of nitrogens with zero attached hydrogens (tertiary/aromatic N) is 4. The van der Waals surface area contributed by atoms with Crippen LogP contribution in [0.4, 0.5) is 11.6 Å². The lowest BCUT2D eigenvalue weighted by molar-refractivity contribution is 0.0993. The second kappa shape index (κ2) is 18.2. The fourth-order valence-electron chi connectivity index (χ4n) is 5.95. The summed E-state index contributed by atoms with van der Waals surface area (Å²) in [7, 11) is 3.81. The van der Waals surface area contributed by atoms with Crippen LogP contribution in [0.3, 0.4) is 0 Å². The molecule has 0 fully saturated rings. The SMILES string of the molecule is CCc1nc(N[C@H](CNC)c2ccc(Cl)cc2)c2cccc(C(N)=O)c2n1.CCc1nc(N[C@H](CNC)c2ccccc2)c2cccc(C(N)=O)c2n1. The minimum Gasteiger partial charge on any atom is -0.366 e. The average molecular weight is 733 g/mol. The highest BCUT2D eigenvalue weighted by Crippen LogP contribution is 2.29. The molecule has 2 amide bonds. The normalized spacial score (nSPS) is 12.1. The highest BCUT2D eigenvalue weighted by molar-refractivity contribution is 6.30. The molecule has 0 unspecified atom stereocenters. The fourth-order valence-corrected chi connectivity index (χ4v) is 6.08. The Bertz CT molecular complexity index is 2180. The van der Waals surface area contributed by atoms with Crippen molar-refractivity contribution in [2.45, 2.75) is 38.8 Å². The van der Waals surface area contributed by atoms with Crippen molar-refractivity contribution in [1.82, 2.24) is 30.6 Å². The number of amides is 2. The van der Waals surface area contributed by atoms with E-state index in [9.17, 15) is 9.59 Å². The summed E-state index contributed by atoms with van der Waals surface area (Å²) in [6, 6.07) is 28.6. The van der Waals surface area contributed by atoms with Crippen LogP contribution in [0, 0.1) is 0 Å². The van der Waals surface area contributed by atoms with Crippen molar-refractivity contribution in [1.29, 1.82) is 0 Å². The minimum absolute atomic E-state index is 0.0289. The lowest BCUT2D eigenvalue weighted by atomic mass is 10.1. The number of nitrogens with one attached hydrogen (secondary N) is 4. The fraction of sp³-hybridized carbons (Fsp3) is 0.250. The number of carbonyl (C=O) groups is 2. The van der Waals surface area contributed by atoms with Gasteiger partial charge in [-0.25, -0.2) is 19.9 Å². The summed E-state index contributed by atoms with van der Waals surface area (Å²) in [5.41, 5.74) is 15.2. The maximum Gasteiger partial charge on any atom is 0.250 e. The number of rotatable bonds is 14. The molecule has 0 saturated heterocycles. The van der Waals surface area contributed by atoms with E-state index in [0.29, 0.717) is 69.9 Å². The van der Waals surface area contributed by atoms with Crippen molar-refractivity contribution in [3.05, 3.63) is 130 Å². The Hall–Kier alpha value is -5.69. The molecule has 53 heavy (non-hydrogen) atoms. The Morgan fingerprint density at radius 2 is 1.04 bits per heavy atom. The number of aromatic nitrogens is 4. The first-order valence-electron chi connectivity index (χ1n) is 17.5. The summed E-state index contributed by atoms with van der Waals surface area (Å²) in [5.74, 6) is 1.71. The van der Waals surface area contributed by atoms with Crippen molar-refractivity contribution in [2.24, 2.45) is 11.5 Å². The molecule has 2 heterocycles. The highest BCUT2D eigenvalue weighted by atomic mass is 35.5. The van der Waals surface area contributed by atoms with Gasteiger partial charge in [0.1, 0.15) is 23.3 Å². The number of aryl methyl sites for hydroxylation is 2. The number of carbonyl (C=O) groups excluding carboxylic acids is 2. The van der Waals surface area contributed by atoms with Gasteiger partial charge in [0.15, 0.2) is 0 Å². The van der Waals surface area contributed by atoms with Crippen molar-refractivity contribution >= 4 is 56.9 Å². The quantitative estimate of drug-likeness (QED) is 0.0778. The molecule has 0 saturated carbocycles. The van der Waals surface area contributed by atoms with E-state index in [1.165, 1.54) is 0 Å². The first kappa shape index (κ1) is 38.5. The zero-order chi connectivity index (χ0) is 37.9. The monoisotopic (exact) mass is 732 g/mol. The number of nitrogens with two attached hydrogens (primary N) is 2. The van der Waals surface area contributed by atoms with Gasteiger partial charge in [-0.1, -0.05) is 80.0 Å². The van der Waals surface area contributed by atoms with Crippen LogP contribution < -0.4 is 32.7 Å². The molecule has 0 aliphatic heterocycles. The van der Waals surface area contributed by atoms with Crippen LogP contribution >= 0.6 is 11.6 Å². The van der Waals surface area contributed by atoms with Gasteiger partial charge < -0.3 is 32.7 Å². The number of primary amides is 2. The molecule has 0 aliphatic carbocycles. The van der Waals surface area contributed by atoms with E-state index in [2.05, 4.69) is 53.3 Å². The number of fused-ring (bicyclic) bond motifs is 2. The van der Waals surface area contributed by atoms with Crippen molar-refractivity contribution < 1.29 is 9.59 Å². The molecule has 0 radical (unpaired) electrons. The van der Waals surface area contributed by atoms with Gasteiger partial charge in [0.25, 0.3) is 11.8 Å². The van der Waals surface area contributed by atoms with E-state index in [1.54, 1.807) is 24.3 Å². The maximum atomic E-state index is 11.8. The Labute approximate surface area is 314 Å². The summed E-state index contributed by atoms with van der Waals surface area (Å²) < 4.78 is 0. The molecular formula is C40H45ClN10O2. The molecule has 8 N–H and O–H groups in total. The number of anilines is 2. The van der Waals surface area contributed by atoms with Gasteiger partial charge in [-0.05, 0) is 61.6 Å². The van der Waals surface area contributed by atoms with Crippen molar-refractivity contribution in [3.8, 4) is 0 Å². The largest absolute Gasteiger partial charge is 0.366 e. The molecular weight excluding hydrogens is 688 g/mol. The van der Waals surface area contributed by atoms with Crippen LogP contribution in [-0.2, 0) is 12.8 Å². The summed E-state index contributed by atoms with van der Waals surface area (Å²) in [6.07, 6.45) is 1.31. The summed E-state index contributed by atoms with van der Waals surface area (Å²) in [4.78, 5) is 42.0. The topological polar surface area (TPSA) is 186 Å². The lowest BCUT2D eigenvalue weighted by Gasteiger charge is -2.21. The summed E-state index contributed by atoms with van der Waals surface area (Å²) >= 11 is 6.02. The Kier molecular flexibility index (Phi) is 13.2. The molecule has 6 aromatic rings. The first-order chi connectivity index (χ1) is 25.7. The molecule has 6 rings (SSSR count). The van der Waals surface area contributed by atoms with Gasteiger partial charge in [0.2, 0.25) is 0 Å². The number of likely N-dealkylation sites (N-methyl/N-ethyl adjacent to an activating group) is 2. The van der Waals surface area contributed by atoms with Crippen molar-refractivity contribution in [3.63, 3.8) is 0 Å². The van der Waals surface area contributed by atoms with Crippen molar-refractivity contribution in [2.75, 3.05) is 37.8 Å². The summed E-state index contributed by atoms with van der Waals surface area (Å²) in [5, 5.41) is 15.7. The molecule has 0 spiro atoms. The van der Waals surface area contributed by atoms with Crippen LogP contribution in [-0.4, -0.2) is 58.9 Å². The van der Waals surface area contributed by atoms with E-state index in [4.69, 9.17) is 23.1 Å². The Morgan fingerprint density at radius 3 is 1.43 bits per heavy atom. The highest BCUT2D eigenvalue weighted by Gasteiger charge is 2.19. The van der Waals surface area contributed by atoms with Crippen LogP contribution in [0.2, 0.25) is 5.02 Å². The number of benzene rings is 4. The third-order valence-electron chi connectivity index (χ3n) is 8.62. The zero-order valence-corrected chi connectivity index (χ0v) is 31.0. The predicted molar refractivity (Wildman–Crippen MR) is 213 cm³/mol. The molecule has 0 bridgehead atoms. The maximum absolute atomic E-state index is 11.8. The number of hydrogen-bond donors (Lipinski definition) is 6. The first-order valence-corrected chi connectivity index (χ1v) is 17.9. The van der Waals surface area contributed by atoms with Crippen LogP contribution in [0.5, 0.6) is 0 Å². The molecule has 2 aromatic heterocycles. The standard InChI is InChI=1S/C20H22ClN5O.C20H23N5O/c1-3-17-25-18-14(19(22)27)5-4-6-15(18)20(26-17)24-16(11-23-2)12-7-9-13(21)10-8-12;1-3-17-24-18-14(19(21)26)10-7-11-15(18)20(25-17)23-16(12-22-2)13-8-5-4-6-9-13/h4-10,16,23H,3,11H2,1-2H3,(H2,22,27)(H,24,25,26);4-11,16,22H,3,12H2,1-2H3,(H2,21,26)(H,23,24,25)/t2*16-/m11/s1. The van der Waals surface area contributed by atoms with Crippen LogP contribution in [0.1, 0.15) is 69.4 Å². The third-order valence-corrected chi connectivity index (χ3v) is 8.87. The van der Waals surface area contributed by atoms with E-state index >= 15 is 0 Å². The molecule has 2 atom stereocenters. The molecule has 13 heteroatoms. The second-order valence-corrected chi connectivity index (χ2v) is 12.7. The van der Waals surface area contributed by atoms with E-state index in [1.807, 2.05) is 82.5 Å². The van der Waals surface area contributed by atoms with E-state index in [0.717, 1.165) is 28.4 Å². The second-order valence-electron chi connectivity index (χ2n) is 12.3. The van der Waals surface area contributed by atoms with E-state index < -0.39 is 11.8 Å². The third kappa shape index (κ3) is 9.41. The predicted octanol–water partition coefficient (Wildman–Crippen LogP) is 5.98. The molecule has 4 aromatic carbocycles. The summed E-state index contributed by atoms with van der Waals surface area (Å²) in [6.45, 7) is 5.37. The van der Waals surface area contributed by atoms with Crippen LogP contribution in [0.25, 0.3) is 21.8 Å². The number of para-hydroxylation sites is 2. The molecule has 12 nitrogen and oxygen atoms in total. The smallest absolute Gasteiger partial charge is 0.250 e. The van der Waals surface area contributed by atoms with Gasteiger partial charge in [-0.15, -0.1) is 0 Å². The number of halogens is 1.